The third kappa shape index (κ3) is 8.32. The lowest BCUT2D eigenvalue weighted by Crippen LogP contribution is -2.55. The van der Waals surface area contributed by atoms with Crippen LogP contribution in [0.15, 0.2) is 12.7 Å². The SMILES string of the molecule is CCCCOC[C@H]1O[C@@H](n2cnc3c(Cl)ncnc32)[C@](C)(F)[C@H](OCCCC)[C@@H](OCCCC)[C@@H]1OCCCC. The molecule has 0 radical (unpaired) electrons. The van der Waals surface area contributed by atoms with E-state index in [1.165, 1.54) is 19.6 Å². The number of unbranched alkanes of at least 4 members (excludes halogenated alkanes) is 4. The molecule has 0 amide bonds. The third-order valence-electron chi connectivity index (χ3n) is 7.23. The van der Waals surface area contributed by atoms with E-state index in [1.54, 1.807) is 4.57 Å². The van der Waals surface area contributed by atoms with E-state index in [2.05, 4.69) is 42.6 Å². The molecule has 1 fully saturated rings. The first-order valence-corrected chi connectivity index (χ1v) is 15.4. The Bertz CT molecular complexity index is 996. The van der Waals surface area contributed by atoms with Gasteiger partial charge in [-0.3, -0.25) is 4.57 Å². The molecule has 1 saturated heterocycles. The molecule has 0 aliphatic carbocycles. The summed E-state index contributed by atoms with van der Waals surface area (Å²) in [6, 6.07) is 0. The molecule has 0 N–H and O–H groups in total. The molecular formula is C29H48ClFN4O5. The summed E-state index contributed by atoms with van der Waals surface area (Å²) in [6.45, 7) is 12.0. The molecule has 40 heavy (non-hydrogen) atoms. The number of imidazole rings is 1. The Morgan fingerprint density at radius 2 is 1.48 bits per heavy atom. The standard InChI is InChI=1S/C29H48ClFN4O5/c1-6-10-14-36-18-21-23(37-15-11-7-2)24(38-16-12-8-3)25(39-17-13-9-4)29(5,31)28(40-21)35-20-34-22-26(30)32-19-33-27(22)35/h19-21,23-25,28H,6-18H2,1-5H3/t21-,23-,24+,25-,28-,29-/m1/s1. The predicted octanol–water partition coefficient (Wildman–Crippen LogP) is 6.48. The van der Waals surface area contributed by atoms with Crippen molar-refractivity contribution in [2.45, 2.75) is 122 Å². The summed E-state index contributed by atoms with van der Waals surface area (Å²) >= 11 is 6.29. The van der Waals surface area contributed by atoms with E-state index in [4.69, 9.17) is 35.3 Å². The number of rotatable bonds is 18. The molecular weight excluding hydrogens is 539 g/mol. The van der Waals surface area contributed by atoms with E-state index in [0.717, 1.165) is 51.4 Å². The number of hydrogen-bond acceptors (Lipinski definition) is 8. The summed E-state index contributed by atoms with van der Waals surface area (Å²) in [6.07, 6.45) is 5.99. The second-order valence-corrected chi connectivity index (χ2v) is 11.0. The van der Waals surface area contributed by atoms with Gasteiger partial charge in [0, 0.05) is 26.4 Å². The van der Waals surface area contributed by atoms with Gasteiger partial charge >= 0.3 is 0 Å². The van der Waals surface area contributed by atoms with E-state index < -0.39 is 36.3 Å². The quantitative estimate of drug-likeness (QED) is 0.145. The van der Waals surface area contributed by atoms with E-state index in [9.17, 15) is 0 Å². The van der Waals surface area contributed by atoms with Gasteiger partial charge in [-0.1, -0.05) is 65.0 Å². The zero-order valence-electron chi connectivity index (χ0n) is 24.8. The van der Waals surface area contributed by atoms with Crippen molar-refractivity contribution in [3.05, 3.63) is 17.8 Å². The Morgan fingerprint density at radius 1 is 0.875 bits per heavy atom. The van der Waals surface area contributed by atoms with Crippen LogP contribution < -0.4 is 0 Å². The Kier molecular flexibility index (Phi) is 14.0. The number of halogens is 2. The van der Waals surface area contributed by atoms with Gasteiger partial charge in [0.05, 0.1) is 12.9 Å². The molecule has 9 nitrogen and oxygen atoms in total. The zero-order valence-corrected chi connectivity index (χ0v) is 25.6. The summed E-state index contributed by atoms with van der Waals surface area (Å²) < 4.78 is 51.0. The van der Waals surface area contributed by atoms with Crippen molar-refractivity contribution in [3.8, 4) is 0 Å². The fourth-order valence-electron chi connectivity index (χ4n) is 4.86. The molecule has 6 atom stereocenters. The highest BCUT2D eigenvalue weighted by Gasteiger charge is 2.57. The van der Waals surface area contributed by atoms with Gasteiger partial charge in [-0.2, -0.15) is 0 Å². The summed E-state index contributed by atoms with van der Waals surface area (Å²) in [4.78, 5) is 12.8. The summed E-state index contributed by atoms with van der Waals surface area (Å²) in [5, 5.41) is 0.190. The van der Waals surface area contributed by atoms with Crippen molar-refractivity contribution < 1.29 is 28.1 Å². The van der Waals surface area contributed by atoms with Gasteiger partial charge < -0.3 is 23.7 Å². The topological polar surface area (TPSA) is 89.8 Å². The first kappa shape index (κ1) is 33.1. The number of hydrogen-bond donors (Lipinski definition) is 0. The van der Waals surface area contributed by atoms with Gasteiger partial charge in [-0.25, -0.2) is 19.3 Å². The first-order chi connectivity index (χ1) is 19.4. The van der Waals surface area contributed by atoms with E-state index in [1.807, 2.05) is 0 Å². The van der Waals surface area contributed by atoms with Gasteiger partial charge in [-0.05, 0) is 32.6 Å². The fraction of sp³-hybridized carbons (Fsp3) is 0.828. The molecule has 1 aliphatic heterocycles. The van der Waals surface area contributed by atoms with Crippen LogP contribution in [-0.2, 0) is 23.7 Å². The molecule has 3 rings (SSSR count). The third-order valence-corrected chi connectivity index (χ3v) is 7.51. The molecule has 2 aromatic heterocycles. The van der Waals surface area contributed by atoms with Gasteiger partial charge in [0.15, 0.2) is 22.7 Å². The number of nitrogens with zero attached hydrogens (tertiary/aromatic N) is 4. The van der Waals surface area contributed by atoms with Gasteiger partial charge in [0.2, 0.25) is 0 Å². The van der Waals surface area contributed by atoms with Crippen LogP contribution in [0.5, 0.6) is 0 Å². The molecule has 0 bridgehead atoms. The number of aromatic nitrogens is 4. The van der Waals surface area contributed by atoms with Crippen molar-refractivity contribution >= 4 is 22.8 Å². The lowest BCUT2D eigenvalue weighted by molar-refractivity contribution is -0.181. The predicted molar refractivity (Wildman–Crippen MR) is 153 cm³/mol. The Morgan fingerprint density at radius 3 is 2.12 bits per heavy atom. The first-order valence-electron chi connectivity index (χ1n) is 15.0. The molecule has 3 heterocycles. The maximum absolute atomic E-state index is 17.5. The average molecular weight is 587 g/mol. The van der Waals surface area contributed by atoms with Crippen molar-refractivity contribution in [1.82, 2.24) is 19.5 Å². The molecule has 0 spiro atoms. The smallest absolute Gasteiger partial charge is 0.181 e. The lowest BCUT2D eigenvalue weighted by Gasteiger charge is -2.38. The number of ether oxygens (including phenoxy) is 5. The van der Waals surface area contributed by atoms with E-state index in [-0.39, 0.29) is 11.8 Å². The molecule has 0 aromatic carbocycles. The van der Waals surface area contributed by atoms with Crippen LogP contribution in [0.2, 0.25) is 5.15 Å². The number of fused-ring (bicyclic) bond motifs is 1. The Labute approximate surface area is 243 Å². The van der Waals surface area contributed by atoms with Crippen molar-refractivity contribution in [1.29, 1.82) is 0 Å². The van der Waals surface area contributed by atoms with Crippen molar-refractivity contribution in [2.24, 2.45) is 0 Å². The number of alkyl halides is 1. The molecule has 228 valence electrons. The van der Waals surface area contributed by atoms with E-state index >= 15 is 4.39 Å². The van der Waals surface area contributed by atoms with Crippen molar-refractivity contribution in [2.75, 3.05) is 33.0 Å². The second kappa shape index (κ2) is 16.9. The highest BCUT2D eigenvalue weighted by atomic mass is 35.5. The van der Waals surface area contributed by atoms with Gasteiger partial charge in [-0.15, -0.1) is 0 Å². The van der Waals surface area contributed by atoms with Gasteiger partial charge in [0.1, 0.15) is 36.3 Å². The normalized spacial score (nSPS) is 27.3. The van der Waals surface area contributed by atoms with Gasteiger partial charge in [0.25, 0.3) is 0 Å². The summed E-state index contributed by atoms with van der Waals surface area (Å²) in [5.74, 6) is 0. The Balaban J connectivity index is 2.11. The largest absolute Gasteiger partial charge is 0.379 e. The highest BCUT2D eigenvalue weighted by Crippen LogP contribution is 2.43. The van der Waals surface area contributed by atoms with Crippen LogP contribution in [0.1, 0.15) is 92.2 Å². The second-order valence-electron chi connectivity index (χ2n) is 10.6. The van der Waals surface area contributed by atoms with Crippen LogP contribution in [0.3, 0.4) is 0 Å². The van der Waals surface area contributed by atoms with Crippen LogP contribution in [0.25, 0.3) is 11.2 Å². The van der Waals surface area contributed by atoms with Crippen LogP contribution in [0, 0.1) is 0 Å². The van der Waals surface area contributed by atoms with E-state index in [0.29, 0.717) is 37.6 Å². The highest BCUT2D eigenvalue weighted by molar-refractivity contribution is 6.33. The Hall–Kier alpha value is -1.43. The van der Waals surface area contributed by atoms with Crippen LogP contribution in [-0.4, -0.2) is 82.6 Å². The maximum atomic E-state index is 17.5. The zero-order chi connectivity index (χ0) is 29.0. The summed E-state index contributed by atoms with van der Waals surface area (Å²) in [7, 11) is 0. The average Bonchev–Trinajstić information content (AvgIpc) is 3.34. The molecule has 2 aromatic rings. The summed E-state index contributed by atoms with van der Waals surface area (Å²) in [5.41, 5.74) is -1.31. The lowest BCUT2D eigenvalue weighted by atomic mass is 9.91. The molecule has 0 saturated carbocycles. The molecule has 0 unspecified atom stereocenters. The monoisotopic (exact) mass is 586 g/mol. The maximum Gasteiger partial charge on any atom is 0.181 e. The minimum atomic E-state index is -2.06. The molecule has 11 heteroatoms. The minimum Gasteiger partial charge on any atom is -0.379 e. The fourth-order valence-corrected chi connectivity index (χ4v) is 5.04. The van der Waals surface area contributed by atoms with Crippen molar-refractivity contribution in [3.63, 3.8) is 0 Å². The van der Waals surface area contributed by atoms with Crippen LogP contribution in [0.4, 0.5) is 4.39 Å². The molecule has 1 aliphatic rings. The minimum absolute atomic E-state index is 0.190. The van der Waals surface area contributed by atoms with Crippen LogP contribution >= 0.6 is 11.6 Å².